The first kappa shape index (κ1) is 24.7. The zero-order chi connectivity index (χ0) is 29.0. The molecule has 0 saturated carbocycles. The highest BCUT2D eigenvalue weighted by atomic mass is 15.0. The molecule has 2 heteroatoms. The van der Waals surface area contributed by atoms with Crippen molar-refractivity contribution in [1.82, 2.24) is 9.13 Å². The van der Waals surface area contributed by atoms with E-state index in [0.717, 1.165) is 5.69 Å². The molecule has 0 fully saturated rings. The molecule has 0 aliphatic carbocycles. The Hall–Kier alpha value is -5.86. The van der Waals surface area contributed by atoms with Gasteiger partial charge >= 0.3 is 0 Å². The molecule has 0 unspecified atom stereocenters. The lowest BCUT2D eigenvalue weighted by molar-refractivity contribution is 1.17. The minimum Gasteiger partial charge on any atom is -0.309 e. The average molecular weight is 561 g/mol. The van der Waals surface area contributed by atoms with Crippen molar-refractivity contribution in [2.24, 2.45) is 0 Å². The lowest BCUT2D eigenvalue weighted by Crippen LogP contribution is -1.96. The first-order valence-electron chi connectivity index (χ1n) is 15.1. The minimum atomic E-state index is 1.16. The van der Waals surface area contributed by atoms with Crippen LogP contribution in [0.1, 0.15) is 0 Å². The van der Waals surface area contributed by atoms with Crippen molar-refractivity contribution >= 4 is 43.6 Å². The summed E-state index contributed by atoms with van der Waals surface area (Å²) in [6.07, 6.45) is 0. The zero-order valence-corrected chi connectivity index (χ0v) is 24.1. The molecule has 206 valence electrons. The van der Waals surface area contributed by atoms with Gasteiger partial charge in [0.15, 0.2) is 0 Å². The van der Waals surface area contributed by atoms with Crippen LogP contribution in [0.5, 0.6) is 0 Å². The summed E-state index contributed by atoms with van der Waals surface area (Å²) in [4.78, 5) is 0. The Morgan fingerprint density at radius 2 is 0.841 bits per heavy atom. The van der Waals surface area contributed by atoms with Gasteiger partial charge in [-0.2, -0.15) is 0 Å². The van der Waals surface area contributed by atoms with Crippen molar-refractivity contribution in [3.63, 3.8) is 0 Å². The topological polar surface area (TPSA) is 9.86 Å². The van der Waals surface area contributed by atoms with Crippen LogP contribution in [0.2, 0.25) is 0 Å². The summed E-state index contributed by atoms with van der Waals surface area (Å²) in [5, 5.41) is 5.06. The number of rotatable bonds is 4. The third-order valence-corrected chi connectivity index (χ3v) is 8.89. The quantitative estimate of drug-likeness (QED) is 0.203. The van der Waals surface area contributed by atoms with Crippen LogP contribution in [0, 0.1) is 0 Å². The van der Waals surface area contributed by atoms with Crippen molar-refractivity contribution < 1.29 is 0 Å². The van der Waals surface area contributed by atoms with Gasteiger partial charge in [-0.1, -0.05) is 121 Å². The van der Waals surface area contributed by atoms with Crippen LogP contribution < -0.4 is 0 Å². The number of hydrogen-bond acceptors (Lipinski definition) is 0. The molecule has 0 N–H and O–H groups in total. The molecule has 7 aromatic carbocycles. The van der Waals surface area contributed by atoms with Crippen LogP contribution in [-0.2, 0) is 0 Å². The molecule has 0 atom stereocenters. The molecule has 2 heterocycles. The van der Waals surface area contributed by atoms with E-state index in [0.29, 0.717) is 0 Å². The molecule has 0 amide bonds. The summed E-state index contributed by atoms with van der Waals surface area (Å²) in [5.41, 5.74) is 12.1. The van der Waals surface area contributed by atoms with Gasteiger partial charge in [-0.3, -0.25) is 0 Å². The molecule has 44 heavy (non-hydrogen) atoms. The lowest BCUT2D eigenvalue weighted by atomic mass is 9.99. The van der Waals surface area contributed by atoms with Gasteiger partial charge in [-0.05, 0) is 70.8 Å². The first-order valence-corrected chi connectivity index (χ1v) is 15.1. The summed E-state index contributed by atoms with van der Waals surface area (Å²) in [6, 6.07) is 61.4. The number of benzene rings is 7. The Kier molecular flexibility index (Phi) is 5.54. The third kappa shape index (κ3) is 3.75. The standard InChI is InChI=1S/C42H28N2/c1-3-13-29(14-4-1)30-15-11-16-31(27-30)32-17-12-20-34(28-32)44-38-23-9-7-21-35(38)36-25-26-40-41(42(36)44)37-22-8-10-24-39(37)43(40)33-18-5-2-6-19-33/h1-28H. The Morgan fingerprint density at radius 1 is 0.295 bits per heavy atom. The zero-order valence-electron chi connectivity index (χ0n) is 24.1. The molecule has 0 radical (unpaired) electrons. The van der Waals surface area contributed by atoms with Crippen LogP contribution in [0.3, 0.4) is 0 Å². The molecular weight excluding hydrogens is 532 g/mol. The molecule has 0 aliphatic heterocycles. The number of hydrogen-bond donors (Lipinski definition) is 0. The summed E-state index contributed by atoms with van der Waals surface area (Å²) in [6.45, 7) is 0. The maximum absolute atomic E-state index is 2.47. The van der Waals surface area contributed by atoms with Gasteiger partial charge in [-0.15, -0.1) is 0 Å². The molecule has 0 saturated heterocycles. The van der Waals surface area contributed by atoms with Gasteiger partial charge < -0.3 is 9.13 Å². The van der Waals surface area contributed by atoms with Crippen molar-refractivity contribution in [3.8, 4) is 33.6 Å². The van der Waals surface area contributed by atoms with Crippen LogP contribution in [-0.4, -0.2) is 9.13 Å². The first-order chi connectivity index (χ1) is 21.8. The highest BCUT2D eigenvalue weighted by molar-refractivity contribution is 6.26. The van der Waals surface area contributed by atoms with E-state index in [1.54, 1.807) is 0 Å². The van der Waals surface area contributed by atoms with Gasteiger partial charge in [0.25, 0.3) is 0 Å². The smallest absolute Gasteiger partial charge is 0.0641 e. The lowest BCUT2D eigenvalue weighted by Gasteiger charge is -2.12. The monoisotopic (exact) mass is 560 g/mol. The van der Waals surface area contributed by atoms with E-state index in [1.807, 2.05) is 0 Å². The van der Waals surface area contributed by atoms with E-state index < -0.39 is 0 Å². The minimum absolute atomic E-state index is 1.16. The molecule has 0 bridgehead atoms. The second kappa shape index (κ2) is 9.86. The van der Waals surface area contributed by atoms with Crippen molar-refractivity contribution in [1.29, 1.82) is 0 Å². The highest BCUT2D eigenvalue weighted by Crippen LogP contribution is 2.42. The summed E-state index contributed by atoms with van der Waals surface area (Å²) in [7, 11) is 0. The fourth-order valence-electron chi connectivity index (χ4n) is 6.97. The molecule has 2 nitrogen and oxygen atoms in total. The SMILES string of the molecule is c1ccc(-c2cccc(-c3cccc(-n4c5ccccc5c5ccc6c(c7ccccc7n6-c6ccccc6)c54)c3)c2)cc1. The van der Waals surface area contributed by atoms with E-state index in [9.17, 15) is 0 Å². The average Bonchev–Trinajstić information content (AvgIpc) is 3.62. The molecule has 9 aromatic rings. The molecule has 9 rings (SSSR count). The molecule has 2 aromatic heterocycles. The van der Waals surface area contributed by atoms with E-state index in [-0.39, 0.29) is 0 Å². The molecular formula is C42H28N2. The number of fused-ring (bicyclic) bond motifs is 7. The molecule has 0 aliphatic rings. The summed E-state index contributed by atoms with van der Waals surface area (Å²) >= 11 is 0. The number of aromatic nitrogens is 2. The van der Waals surface area contributed by atoms with E-state index in [4.69, 9.17) is 0 Å². The number of para-hydroxylation sites is 3. The van der Waals surface area contributed by atoms with Gasteiger partial charge in [-0.25, -0.2) is 0 Å². The number of nitrogens with zero attached hydrogens (tertiary/aromatic N) is 2. The highest BCUT2D eigenvalue weighted by Gasteiger charge is 2.20. The second-order valence-corrected chi connectivity index (χ2v) is 11.4. The van der Waals surface area contributed by atoms with Gasteiger partial charge in [0.1, 0.15) is 0 Å². The van der Waals surface area contributed by atoms with Crippen LogP contribution in [0.4, 0.5) is 0 Å². The summed E-state index contributed by atoms with van der Waals surface area (Å²) in [5.74, 6) is 0. The van der Waals surface area contributed by atoms with Crippen molar-refractivity contribution in [3.05, 3.63) is 170 Å². The summed E-state index contributed by atoms with van der Waals surface area (Å²) < 4.78 is 4.87. The largest absolute Gasteiger partial charge is 0.309 e. The normalized spacial score (nSPS) is 11.6. The van der Waals surface area contributed by atoms with Gasteiger partial charge in [0.2, 0.25) is 0 Å². The predicted octanol–water partition coefficient (Wildman–Crippen LogP) is 11.2. The Bertz CT molecular complexity index is 2480. The van der Waals surface area contributed by atoms with Gasteiger partial charge in [0.05, 0.1) is 22.1 Å². The van der Waals surface area contributed by atoms with Crippen LogP contribution >= 0.6 is 0 Å². The fraction of sp³-hybridized carbons (Fsp3) is 0. The Morgan fingerprint density at radius 3 is 1.61 bits per heavy atom. The van der Waals surface area contributed by atoms with E-state index >= 15 is 0 Å². The Balaban J connectivity index is 1.34. The van der Waals surface area contributed by atoms with Crippen LogP contribution in [0.15, 0.2) is 170 Å². The van der Waals surface area contributed by atoms with E-state index in [2.05, 4.69) is 179 Å². The maximum atomic E-state index is 2.47. The van der Waals surface area contributed by atoms with E-state index in [1.165, 1.54) is 71.6 Å². The maximum Gasteiger partial charge on any atom is 0.0641 e. The Labute approximate surface area is 255 Å². The van der Waals surface area contributed by atoms with Crippen molar-refractivity contribution in [2.75, 3.05) is 0 Å². The predicted molar refractivity (Wildman–Crippen MR) is 186 cm³/mol. The fourth-order valence-corrected chi connectivity index (χ4v) is 6.97. The van der Waals surface area contributed by atoms with Crippen LogP contribution in [0.25, 0.3) is 77.2 Å². The third-order valence-electron chi connectivity index (χ3n) is 8.89. The second-order valence-electron chi connectivity index (χ2n) is 11.4. The van der Waals surface area contributed by atoms with Crippen molar-refractivity contribution in [2.45, 2.75) is 0 Å². The van der Waals surface area contributed by atoms with Gasteiger partial charge in [0, 0.05) is 32.9 Å². The molecule has 0 spiro atoms.